The molecular formula is C11H20ClNO3Si. The van der Waals surface area contributed by atoms with Gasteiger partial charge in [-0.2, -0.15) is 11.1 Å². The number of amides is 1. The summed E-state index contributed by atoms with van der Waals surface area (Å²) in [4.78, 5) is 24.7. The van der Waals surface area contributed by atoms with Gasteiger partial charge in [-0.05, 0) is 12.5 Å². The zero-order chi connectivity index (χ0) is 13.1. The van der Waals surface area contributed by atoms with Crippen LogP contribution in [0.1, 0.15) is 12.8 Å². The Hall–Kier alpha value is -0.553. The number of carbonyl (C=O) groups is 2. The highest BCUT2D eigenvalue weighted by Crippen LogP contribution is 2.21. The predicted molar refractivity (Wildman–Crippen MR) is 69.5 cm³/mol. The van der Waals surface area contributed by atoms with Gasteiger partial charge in [-0.3, -0.25) is 9.59 Å². The molecule has 0 radical (unpaired) electrons. The third kappa shape index (κ3) is 4.67. The molecule has 6 heteroatoms. The van der Waals surface area contributed by atoms with E-state index in [-0.39, 0.29) is 24.2 Å². The van der Waals surface area contributed by atoms with E-state index in [4.69, 9.17) is 11.1 Å². The fourth-order valence-corrected chi connectivity index (χ4v) is 3.40. The lowest BCUT2D eigenvalue weighted by Crippen LogP contribution is -2.29. The summed E-state index contributed by atoms with van der Waals surface area (Å²) in [5.41, 5.74) is 0. The van der Waals surface area contributed by atoms with Crippen LogP contribution in [0.25, 0.3) is 0 Å². The molecule has 0 saturated carbocycles. The normalized spacial score (nSPS) is 20.8. The summed E-state index contributed by atoms with van der Waals surface area (Å²) in [5, 5.41) is 0. The fraction of sp³-hybridized carbons (Fsp3) is 0.818. The molecule has 1 atom stereocenters. The third-order valence-electron chi connectivity index (χ3n) is 2.95. The molecule has 98 valence electrons. The number of hydrogen-bond donors (Lipinski definition) is 0. The Bertz CT molecular complexity index is 304. The lowest BCUT2D eigenvalue weighted by atomic mass is 10.1. The second kappa shape index (κ2) is 5.86. The van der Waals surface area contributed by atoms with E-state index in [1.165, 1.54) is 7.11 Å². The smallest absolute Gasteiger partial charge is 0.310 e. The highest BCUT2D eigenvalue weighted by Gasteiger charge is 2.34. The van der Waals surface area contributed by atoms with Crippen LogP contribution in [0.4, 0.5) is 0 Å². The number of likely N-dealkylation sites (tertiary alicyclic amines) is 1. The molecule has 1 saturated heterocycles. The molecule has 1 unspecified atom stereocenters. The van der Waals surface area contributed by atoms with E-state index in [1.54, 1.807) is 4.90 Å². The van der Waals surface area contributed by atoms with Gasteiger partial charge in [0.05, 0.1) is 13.0 Å². The molecule has 0 aromatic heterocycles. The van der Waals surface area contributed by atoms with Crippen molar-refractivity contribution in [3.05, 3.63) is 0 Å². The van der Waals surface area contributed by atoms with Crippen LogP contribution in [0, 0.1) is 5.92 Å². The second-order valence-electron chi connectivity index (χ2n) is 5.09. The first-order valence-corrected chi connectivity index (χ1v) is 10.1. The Balaban J connectivity index is 2.36. The molecule has 0 N–H and O–H groups in total. The van der Waals surface area contributed by atoms with Crippen LogP contribution in [0.3, 0.4) is 0 Å². The van der Waals surface area contributed by atoms with Crippen molar-refractivity contribution in [3.8, 4) is 0 Å². The van der Waals surface area contributed by atoms with Crippen molar-refractivity contribution in [1.29, 1.82) is 0 Å². The number of ether oxygens (including phenoxy) is 1. The Morgan fingerprint density at radius 3 is 2.76 bits per heavy atom. The van der Waals surface area contributed by atoms with Gasteiger partial charge in [0.25, 0.3) is 0 Å². The van der Waals surface area contributed by atoms with Gasteiger partial charge in [-0.1, -0.05) is 13.1 Å². The van der Waals surface area contributed by atoms with Crippen LogP contribution < -0.4 is 0 Å². The van der Waals surface area contributed by atoms with Crippen LogP contribution in [-0.2, 0) is 14.3 Å². The molecule has 0 aliphatic carbocycles. The summed E-state index contributed by atoms with van der Waals surface area (Å²) in [6, 6.07) is 0.987. The highest BCUT2D eigenvalue weighted by molar-refractivity contribution is 7.19. The summed E-state index contributed by atoms with van der Waals surface area (Å²) >= 11 is 6.22. The van der Waals surface area contributed by atoms with Crippen molar-refractivity contribution in [1.82, 2.24) is 4.90 Å². The van der Waals surface area contributed by atoms with Crippen molar-refractivity contribution in [2.24, 2.45) is 5.92 Å². The number of methoxy groups -OCH3 is 1. The summed E-state index contributed by atoms with van der Waals surface area (Å²) < 4.78 is 4.66. The van der Waals surface area contributed by atoms with Gasteiger partial charge in [0.15, 0.2) is 7.38 Å². The topological polar surface area (TPSA) is 46.6 Å². The first kappa shape index (κ1) is 14.5. The van der Waals surface area contributed by atoms with Gasteiger partial charge in [0.2, 0.25) is 5.91 Å². The third-order valence-corrected chi connectivity index (χ3v) is 5.06. The maximum absolute atomic E-state index is 11.7. The Labute approximate surface area is 108 Å². The minimum absolute atomic E-state index is 0.0504. The van der Waals surface area contributed by atoms with Crippen molar-refractivity contribution in [2.75, 3.05) is 20.2 Å². The summed E-state index contributed by atoms with van der Waals surface area (Å²) in [7, 11) is -0.196. The molecule has 17 heavy (non-hydrogen) atoms. The van der Waals surface area contributed by atoms with Crippen LogP contribution in [0.15, 0.2) is 0 Å². The van der Waals surface area contributed by atoms with Crippen LogP contribution >= 0.6 is 11.1 Å². The maximum atomic E-state index is 11.7. The standard InChI is InChI=1S/C11H20ClNO3Si/c1-16-11(15)9-7-10(14)13(8-9)5-4-6-17(2,3)12/h9H,4-8H2,1-3H3. The van der Waals surface area contributed by atoms with Crippen LogP contribution in [0.5, 0.6) is 0 Å². The van der Waals surface area contributed by atoms with E-state index in [1.807, 2.05) is 0 Å². The molecule has 1 fully saturated rings. The number of carbonyl (C=O) groups excluding carboxylic acids is 2. The van der Waals surface area contributed by atoms with Gasteiger partial charge in [0, 0.05) is 19.5 Å². The van der Waals surface area contributed by atoms with Crippen LogP contribution in [-0.4, -0.2) is 44.4 Å². The quantitative estimate of drug-likeness (QED) is 0.438. The van der Waals surface area contributed by atoms with E-state index in [0.717, 1.165) is 12.5 Å². The average Bonchev–Trinajstić information content (AvgIpc) is 2.57. The monoisotopic (exact) mass is 277 g/mol. The van der Waals surface area contributed by atoms with Crippen molar-refractivity contribution >= 4 is 30.3 Å². The van der Waals surface area contributed by atoms with E-state index in [9.17, 15) is 9.59 Å². The molecule has 0 spiro atoms. The molecule has 1 aliphatic rings. The van der Waals surface area contributed by atoms with E-state index >= 15 is 0 Å². The first-order chi connectivity index (χ1) is 7.83. The minimum atomic E-state index is -1.55. The molecular weight excluding hydrogens is 258 g/mol. The van der Waals surface area contributed by atoms with Crippen LogP contribution in [0.2, 0.25) is 19.1 Å². The Kier molecular flexibility index (Phi) is 5.00. The van der Waals surface area contributed by atoms with E-state index in [2.05, 4.69) is 17.8 Å². The lowest BCUT2D eigenvalue weighted by molar-refractivity contribution is -0.145. The number of esters is 1. The minimum Gasteiger partial charge on any atom is -0.469 e. The van der Waals surface area contributed by atoms with Gasteiger partial charge < -0.3 is 9.64 Å². The highest BCUT2D eigenvalue weighted by atomic mass is 35.6. The fourth-order valence-electron chi connectivity index (χ4n) is 2.00. The largest absolute Gasteiger partial charge is 0.469 e. The predicted octanol–water partition coefficient (Wildman–Crippen LogP) is 1.84. The lowest BCUT2D eigenvalue weighted by Gasteiger charge is -2.18. The van der Waals surface area contributed by atoms with Crippen molar-refractivity contribution in [3.63, 3.8) is 0 Å². The molecule has 1 rings (SSSR count). The zero-order valence-electron chi connectivity index (χ0n) is 10.7. The summed E-state index contributed by atoms with van der Waals surface area (Å²) in [5.74, 6) is -0.517. The summed E-state index contributed by atoms with van der Waals surface area (Å²) in [6.07, 6.45) is 1.21. The van der Waals surface area contributed by atoms with Gasteiger partial charge in [-0.25, -0.2) is 0 Å². The molecule has 1 heterocycles. The SMILES string of the molecule is COC(=O)C1CC(=O)N(CCC[Si](C)(C)Cl)C1. The molecule has 4 nitrogen and oxygen atoms in total. The first-order valence-electron chi connectivity index (χ1n) is 5.88. The van der Waals surface area contributed by atoms with Gasteiger partial charge in [-0.15, -0.1) is 0 Å². The number of nitrogens with zero attached hydrogens (tertiary/aromatic N) is 1. The zero-order valence-corrected chi connectivity index (χ0v) is 12.4. The van der Waals surface area contributed by atoms with E-state index in [0.29, 0.717) is 13.1 Å². The Morgan fingerprint density at radius 2 is 2.24 bits per heavy atom. The Morgan fingerprint density at radius 1 is 1.59 bits per heavy atom. The van der Waals surface area contributed by atoms with Crippen molar-refractivity contribution < 1.29 is 14.3 Å². The molecule has 0 aromatic rings. The number of hydrogen-bond acceptors (Lipinski definition) is 3. The second-order valence-corrected chi connectivity index (χ2v) is 12.1. The number of halogens is 1. The maximum Gasteiger partial charge on any atom is 0.310 e. The van der Waals surface area contributed by atoms with Gasteiger partial charge >= 0.3 is 5.97 Å². The molecule has 1 aliphatic heterocycles. The summed E-state index contributed by atoms with van der Waals surface area (Å²) in [6.45, 7) is 5.39. The van der Waals surface area contributed by atoms with Crippen molar-refractivity contribution in [2.45, 2.75) is 32.0 Å². The van der Waals surface area contributed by atoms with E-state index < -0.39 is 7.38 Å². The molecule has 0 aromatic carbocycles. The number of rotatable bonds is 5. The molecule has 0 bridgehead atoms. The molecule has 1 amide bonds. The van der Waals surface area contributed by atoms with Gasteiger partial charge in [0.1, 0.15) is 0 Å². The average molecular weight is 278 g/mol.